The van der Waals surface area contributed by atoms with Crippen LogP contribution in [-0.4, -0.2) is 24.6 Å². The van der Waals surface area contributed by atoms with E-state index in [1.54, 1.807) is 0 Å². The molecule has 0 heterocycles. The molecule has 0 aliphatic rings. The molecule has 7 nitrogen and oxygen atoms in total. The Labute approximate surface area is 140 Å². The highest BCUT2D eigenvalue weighted by Gasteiger charge is 2.17. The van der Waals surface area contributed by atoms with Crippen molar-refractivity contribution >= 4 is 11.7 Å². The minimum atomic E-state index is -3.03. The molecule has 0 unspecified atom stereocenters. The van der Waals surface area contributed by atoms with Crippen LogP contribution in [0.2, 0.25) is 0 Å². The van der Waals surface area contributed by atoms with E-state index in [1.165, 1.54) is 44.4 Å². The van der Waals surface area contributed by atoms with Crippen molar-refractivity contribution in [1.29, 1.82) is 0 Å². The average Bonchev–Trinajstić information content (AvgIpc) is 2.54. The van der Waals surface area contributed by atoms with Gasteiger partial charge in [-0.2, -0.15) is 8.78 Å². The van der Waals surface area contributed by atoms with Crippen LogP contribution in [0.3, 0.4) is 0 Å². The molecule has 2 rings (SSSR count). The topological polar surface area (TPSA) is 87.9 Å². The summed E-state index contributed by atoms with van der Waals surface area (Å²) < 4.78 is 38.9. The number of nitro benzene ring substituents is 1. The number of esters is 1. The van der Waals surface area contributed by atoms with Crippen molar-refractivity contribution in [1.82, 2.24) is 0 Å². The number of aryl methyl sites for hydroxylation is 1. The van der Waals surface area contributed by atoms with Gasteiger partial charge in [0.15, 0.2) is 11.5 Å². The van der Waals surface area contributed by atoms with Crippen LogP contribution in [0.25, 0.3) is 0 Å². The Morgan fingerprint density at radius 3 is 2.44 bits per heavy atom. The molecule has 0 radical (unpaired) electrons. The summed E-state index contributed by atoms with van der Waals surface area (Å²) in [7, 11) is 1.24. The lowest BCUT2D eigenvalue weighted by atomic mass is 10.2. The lowest BCUT2D eigenvalue weighted by Gasteiger charge is -2.11. The van der Waals surface area contributed by atoms with E-state index in [-0.39, 0.29) is 28.5 Å². The monoisotopic (exact) mass is 353 g/mol. The summed E-state index contributed by atoms with van der Waals surface area (Å²) in [6, 6.07) is 7.44. The number of halogens is 2. The number of alkyl halides is 2. The summed E-state index contributed by atoms with van der Waals surface area (Å²) in [5.41, 5.74) is 0.262. The molecule has 0 amide bonds. The van der Waals surface area contributed by atoms with E-state index in [2.05, 4.69) is 4.74 Å². The maximum Gasteiger partial charge on any atom is 0.387 e. The third-order valence-electron chi connectivity index (χ3n) is 3.19. The van der Waals surface area contributed by atoms with Crippen LogP contribution in [-0.2, 0) is 0 Å². The van der Waals surface area contributed by atoms with Crippen molar-refractivity contribution in [2.24, 2.45) is 0 Å². The number of nitrogens with zero attached hydrogens (tertiary/aromatic N) is 1. The van der Waals surface area contributed by atoms with Gasteiger partial charge in [-0.3, -0.25) is 10.1 Å². The zero-order chi connectivity index (χ0) is 18.6. The third kappa shape index (κ3) is 4.40. The highest BCUT2D eigenvalue weighted by Crippen LogP contribution is 2.30. The molecule has 0 N–H and O–H groups in total. The predicted molar refractivity (Wildman–Crippen MR) is 82.4 cm³/mol. The van der Waals surface area contributed by atoms with Crippen molar-refractivity contribution < 1.29 is 32.7 Å². The summed E-state index contributed by atoms with van der Waals surface area (Å²) >= 11 is 0. The third-order valence-corrected chi connectivity index (χ3v) is 3.19. The number of rotatable bonds is 6. The molecular weight excluding hydrogens is 340 g/mol. The molecule has 0 saturated carbocycles. The van der Waals surface area contributed by atoms with E-state index in [0.717, 1.165) is 6.07 Å². The van der Waals surface area contributed by atoms with E-state index >= 15 is 0 Å². The largest absolute Gasteiger partial charge is 0.493 e. The molecule has 132 valence electrons. The first-order valence-electron chi connectivity index (χ1n) is 6.92. The fraction of sp³-hybridized carbons (Fsp3) is 0.188. The maximum atomic E-state index is 12.3. The molecular formula is C16H13F2NO6. The van der Waals surface area contributed by atoms with Crippen LogP contribution in [0.5, 0.6) is 17.2 Å². The van der Waals surface area contributed by atoms with E-state index < -0.39 is 17.5 Å². The number of benzene rings is 2. The number of hydrogen-bond donors (Lipinski definition) is 0. The number of carbonyl (C=O) groups is 1. The van der Waals surface area contributed by atoms with E-state index in [0.29, 0.717) is 5.56 Å². The quantitative estimate of drug-likeness (QED) is 0.340. The second kappa shape index (κ2) is 7.56. The van der Waals surface area contributed by atoms with Crippen molar-refractivity contribution in [3.63, 3.8) is 0 Å². The van der Waals surface area contributed by atoms with Crippen LogP contribution < -0.4 is 14.2 Å². The van der Waals surface area contributed by atoms with Gasteiger partial charge < -0.3 is 14.2 Å². The molecule has 9 heteroatoms. The lowest BCUT2D eigenvalue weighted by Crippen LogP contribution is -2.10. The number of nitro groups is 1. The van der Waals surface area contributed by atoms with Gasteiger partial charge in [-0.15, -0.1) is 0 Å². The molecule has 0 atom stereocenters. The first-order valence-corrected chi connectivity index (χ1v) is 6.92. The van der Waals surface area contributed by atoms with Crippen LogP contribution >= 0.6 is 0 Å². The molecule has 0 aliphatic heterocycles. The highest BCUT2D eigenvalue weighted by molar-refractivity contribution is 5.91. The highest BCUT2D eigenvalue weighted by atomic mass is 19.3. The van der Waals surface area contributed by atoms with Gasteiger partial charge in [0.25, 0.3) is 5.69 Å². The Morgan fingerprint density at radius 2 is 1.88 bits per heavy atom. The van der Waals surface area contributed by atoms with Crippen LogP contribution in [0.15, 0.2) is 36.4 Å². The van der Waals surface area contributed by atoms with Crippen LogP contribution in [0.4, 0.5) is 14.5 Å². The molecule has 0 saturated heterocycles. The van der Waals surface area contributed by atoms with E-state index in [4.69, 9.17) is 9.47 Å². The number of ether oxygens (including phenoxy) is 3. The van der Waals surface area contributed by atoms with Gasteiger partial charge in [0.1, 0.15) is 5.75 Å². The van der Waals surface area contributed by atoms with Crippen molar-refractivity contribution in [3.8, 4) is 17.2 Å². The minimum absolute atomic E-state index is 0.0365. The summed E-state index contributed by atoms with van der Waals surface area (Å²) in [5.74, 6) is -0.954. The summed E-state index contributed by atoms with van der Waals surface area (Å²) in [5, 5.41) is 10.8. The first-order chi connectivity index (χ1) is 11.8. The Balaban J connectivity index is 2.20. The minimum Gasteiger partial charge on any atom is -0.493 e. The van der Waals surface area contributed by atoms with Crippen molar-refractivity contribution in [2.75, 3.05) is 7.11 Å². The molecule has 2 aromatic carbocycles. The van der Waals surface area contributed by atoms with E-state index in [1.807, 2.05) is 0 Å². The second-order valence-electron chi connectivity index (χ2n) is 4.84. The zero-order valence-electron chi connectivity index (χ0n) is 13.2. The van der Waals surface area contributed by atoms with Gasteiger partial charge in [0, 0.05) is 11.6 Å². The summed E-state index contributed by atoms with van der Waals surface area (Å²) in [6.07, 6.45) is 0. The predicted octanol–water partition coefficient (Wildman–Crippen LogP) is 3.73. The second-order valence-corrected chi connectivity index (χ2v) is 4.84. The zero-order valence-corrected chi connectivity index (χ0v) is 13.2. The van der Waals surface area contributed by atoms with E-state index in [9.17, 15) is 23.7 Å². The Morgan fingerprint density at radius 1 is 1.16 bits per heavy atom. The first kappa shape index (κ1) is 18.1. The van der Waals surface area contributed by atoms with Gasteiger partial charge in [-0.1, -0.05) is 0 Å². The fourth-order valence-corrected chi connectivity index (χ4v) is 2.05. The standard InChI is InChI=1S/C16H13F2NO6/c1-9-7-11(4-5-12(9)19(21)22)24-15(20)10-3-6-13(25-16(17)18)14(8-10)23-2/h3-8,16H,1-2H3. The van der Waals surface area contributed by atoms with Gasteiger partial charge in [-0.05, 0) is 37.3 Å². The van der Waals surface area contributed by atoms with Crippen molar-refractivity contribution in [3.05, 3.63) is 57.6 Å². The maximum absolute atomic E-state index is 12.3. The molecule has 0 bridgehead atoms. The molecule has 0 spiro atoms. The Hall–Kier alpha value is -3.23. The van der Waals surface area contributed by atoms with Gasteiger partial charge in [0.2, 0.25) is 0 Å². The molecule has 0 aromatic heterocycles. The Kier molecular flexibility index (Phi) is 5.48. The fourth-order valence-electron chi connectivity index (χ4n) is 2.05. The number of hydrogen-bond acceptors (Lipinski definition) is 6. The van der Waals surface area contributed by atoms with Gasteiger partial charge in [0.05, 0.1) is 17.6 Å². The SMILES string of the molecule is COc1cc(C(=O)Oc2ccc([N+](=O)[O-])c(C)c2)ccc1OC(F)F. The average molecular weight is 353 g/mol. The molecule has 0 aliphatic carbocycles. The number of carbonyl (C=O) groups excluding carboxylic acids is 1. The van der Waals surface area contributed by atoms with Crippen LogP contribution in [0, 0.1) is 17.0 Å². The molecule has 0 fully saturated rings. The van der Waals surface area contributed by atoms with Crippen LogP contribution in [0.1, 0.15) is 15.9 Å². The Bertz CT molecular complexity index is 809. The summed E-state index contributed by atoms with van der Waals surface area (Å²) in [6.45, 7) is -1.52. The number of methoxy groups -OCH3 is 1. The normalized spacial score (nSPS) is 10.4. The van der Waals surface area contributed by atoms with Crippen molar-refractivity contribution in [2.45, 2.75) is 13.5 Å². The molecule has 25 heavy (non-hydrogen) atoms. The summed E-state index contributed by atoms with van der Waals surface area (Å²) in [4.78, 5) is 22.4. The lowest BCUT2D eigenvalue weighted by molar-refractivity contribution is -0.385. The van der Waals surface area contributed by atoms with Gasteiger partial charge >= 0.3 is 12.6 Å². The van der Waals surface area contributed by atoms with Gasteiger partial charge in [-0.25, -0.2) is 4.79 Å². The molecule has 2 aromatic rings. The smallest absolute Gasteiger partial charge is 0.387 e.